The number of ether oxygens (including phenoxy) is 1. The van der Waals surface area contributed by atoms with Crippen molar-refractivity contribution in [2.24, 2.45) is 5.92 Å². The van der Waals surface area contributed by atoms with E-state index < -0.39 is 5.97 Å². The number of carboxylic acid groups (broad SMARTS) is 1. The van der Waals surface area contributed by atoms with Gasteiger partial charge < -0.3 is 9.84 Å². The number of rotatable bonds is 7. The van der Waals surface area contributed by atoms with Crippen molar-refractivity contribution in [3.8, 4) is 0 Å². The van der Waals surface area contributed by atoms with E-state index in [9.17, 15) is 9.90 Å². The largest absolute Gasteiger partial charge is 0.499 e. The van der Waals surface area contributed by atoms with Gasteiger partial charge in [0.2, 0.25) is 0 Å². The minimum atomic E-state index is -0.703. The van der Waals surface area contributed by atoms with Crippen LogP contribution in [0.15, 0.2) is 60.9 Å². The Hall–Kier alpha value is -2.01. The quantitative estimate of drug-likeness (QED) is 0.506. The number of hydrogen-bond donors (Lipinski definition) is 1. The fourth-order valence-electron chi connectivity index (χ4n) is 3.37. The van der Waals surface area contributed by atoms with Gasteiger partial charge in [-0.05, 0) is 31.0 Å². The summed E-state index contributed by atoms with van der Waals surface area (Å²) in [5.41, 5.74) is 2.90. The minimum Gasteiger partial charge on any atom is -0.499 e. The molecule has 0 radical (unpaired) electrons. The number of aliphatic carboxylic acids is 1. The lowest BCUT2D eigenvalue weighted by atomic mass is 9.98. The Bertz CT molecular complexity index is 795. The predicted molar refractivity (Wildman–Crippen MR) is 115 cm³/mol. The molecule has 0 aliphatic carbocycles. The molecule has 1 heterocycles. The van der Waals surface area contributed by atoms with Gasteiger partial charge in [0.05, 0.1) is 12.2 Å². The lowest BCUT2D eigenvalue weighted by Gasteiger charge is -2.30. The first kappa shape index (κ1) is 22.3. The number of benzene rings is 2. The summed E-state index contributed by atoms with van der Waals surface area (Å²) >= 11 is 6.39. The lowest BCUT2D eigenvalue weighted by Crippen LogP contribution is -2.40. The van der Waals surface area contributed by atoms with Crippen LogP contribution in [0.3, 0.4) is 0 Å². The van der Waals surface area contributed by atoms with Crippen molar-refractivity contribution in [1.82, 2.24) is 4.90 Å². The zero-order valence-corrected chi connectivity index (χ0v) is 17.2. The molecule has 1 saturated heterocycles. The standard InChI is InChI=1S/C22H24ClNO3.ClH/c23-21-11-5-4-10-19(21)20(17-7-2-1-3-8-17)16-27-14-13-24-12-6-9-18(15-24)22(25)26;/h1-5,7-8,10-11,16,18H,6,9,12-15H2,(H,25,26);1H. The highest BCUT2D eigenvalue weighted by atomic mass is 35.5. The molecule has 4 nitrogen and oxygen atoms in total. The van der Waals surface area contributed by atoms with Crippen LogP contribution in [0.2, 0.25) is 5.02 Å². The first-order valence-electron chi connectivity index (χ1n) is 9.22. The van der Waals surface area contributed by atoms with Crippen LogP contribution in [0.1, 0.15) is 24.0 Å². The van der Waals surface area contributed by atoms with E-state index in [1.165, 1.54) is 0 Å². The average Bonchev–Trinajstić information content (AvgIpc) is 2.70. The Kier molecular flexibility index (Phi) is 8.84. The highest BCUT2D eigenvalue weighted by Gasteiger charge is 2.24. The fraction of sp³-hybridized carbons (Fsp3) is 0.318. The van der Waals surface area contributed by atoms with Crippen molar-refractivity contribution in [2.75, 3.05) is 26.2 Å². The maximum absolute atomic E-state index is 11.2. The number of piperidine rings is 1. The van der Waals surface area contributed by atoms with Gasteiger partial charge >= 0.3 is 5.97 Å². The summed E-state index contributed by atoms with van der Waals surface area (Å²) in [6, 6.07) is 17.7. The minimum absolute atomic E-state index is 0. The second-order valence-electron chi connectivity index (χ2n) is 6.73. The van der Waals surface area contributed by atoms with Crippen LogP contribution < -0.4 is 0 Å². The number of nitrogens with zero attached hydrogens (tertiary/aromatic N) is 1. The van der Waals surface area contributed by atoms with Crippen molar-refractivity contribution < 1.29 is 14.6 Å². The lowest BCUT2D eigenvalue weighted by molar-refractivity contribution is -0.143. The molecule has 28 heavy (non-hydrogen) atoms. The van der Waals surface area contributed by atoms with E-state index in [0.717, 1.165) is 36.1 Å². The van der Waals surface area contributed by atoms with Crippen LogP contribution >= 0.6 is 24.0 Å². The zero-order valence-electron chi connectivity index (χ0n) is 15.6. The summed E-state index contributed by atoms with van der Waals surface area (Å²) in [5.74, 6) is -0.970. The molecule has 1 aliphatic rings. The average molecular weight is 422 g/mol. The van der Waals surface area contributed by atoms with E-state index in [-0.39, 0.29) is 18.3 Å². The maximum Gasteiger partial charge on any atom is 0.307 e. The number of carboxylic acids is 1. The third-order valence-corrected chi connectivity index (χ3v) is 5.16. The summed E-state index contributed by atoms with van der Waals surface area (Å²) in [5, 5.41) is 9.88. The first-order valence-corrected chi connectivity index (χ1v) is 9.60. The Labute approximate surface area is 177 Å². The number of carbonyl (C=O) groups is 1. The molecule has 1 atom stereocenters. The summed E-state index contributed by atoms with van der Waals surface area (Å²) in [6.07, 6.45) is 3.44. The van der Waals surface area contributed by atoms with E-state index >= 15 is 0 Å². The first-order chi connectivity index (χ1) is 13.1. The number of hydrogen-bond acceptors (Lipinski definition) is 3. The normalized spacial score (nSPS) is 17.6. The molecule has 1 aliphatic heterocycles. The molecule has 2 aromatic rings. The Morgan fingerprint density at radius 3 is 2.61 bits per heavy atom. The van der Waals surface area contributed by atoms with Crippen molar-refractivity contribution in [1.29, 1.82) is 0 Å². The molecule has 2 aromatic carbocycles. The summed E-state index contributed by atoms with van der Waals surface area (Å²) in [4.78, 5) is 13.3. The van der Waals surface area contributed by atoms with Crippen LogP contribution in [0, 0.1) is 5.92 Å². The molecule has 150 valence electrons. The van der Waals surface area contributed by atoms with Gasteiger partial charge in [0.15, 0.2) is 0 Å². The van der Waals surface area contributed by atoms with E-state index in [4.69, 9.17) is 16.3 Å². The van der Waals surface area contributed by atoms with Gasteiger partial charge in [-0.1, -0.05) is 60.1 Å². The molecule has 0 bridgehead atoms. The molecule has 1 N–H and O–H groups in total. The molecule has 3 rings (SSSR count). The van der Waals surface area contributed by atoms with Gasteiger partial charge in [-0.3, -0.25) is 9.69 Å². The molecule has 0 aromatic heterocycles. The Balaban J connectivity index is 0.00000280. The molecule has 0 amide bonds. The van der Waals surface area contributed by atoms with Gasteiger partial charge in [0, 0.05) is 29.2 Å². The van der Waals surface area contributed by atoms with Crippen molar-refractivity contribution in [3.63, 3.8) is 0 Å². The van der Waals surface area contributed by atoms with Gasteiger partial charge in [-0.25, -0.2) is 0 Å². The SMILES string of the molecule is Cl.O=C(O)C1CCCN(CCOC=C(c2ccccc2)c2ccccc2Cl)C1. The van der Waals surface area contributed by atoms with E-state index in [2.05, 4.69) is 4.90 Å². The molecule has 1 fully saturated rings. The summed E-state index contributed by atoms with van der Waals surface area (Å²) < 4.78 is 5.85. The molecular formula is C22H25Cl2NO3. The smallest absolute Gasteiger partial charge is 0.307 e. The highest BCUT2D eigenvalue weighted by molar-refractivity contribution is 6.32. The van der Waals surface area contributed by atoms with E-state index in [1.807, 2.05) is 54.6 Å². The number of likely N-dealkylation sites (tertiary alicyclic amines) is 1. The van der Waals surface area contributed by atoms with Crippen LogP contribution in [0.4, 0.5) is 0 Å². The molecule has 0 spiro atoms. The highest BCUT2D eigenvalue weighted by Crippen LogP contribution is 2.29. The van der Waals surface area contributed by atoms with Crippen LogP contribution in [0.5, 0.6) is 0 Å². The Morgan fingerprint density at radius 1 is 1.18 bits per heavy atom. The van der Waals surface area contributed by atoms with Crippen molar-refractivity contribution >= 4 is 35.6 Å². The second-order valence-corrected chi connectivity index (χ2v) is 7.13. The van der Waals surface area contributed by atoms with Gasteiger partial charge in [-0.2, -0.15) is 0 Å². The summed E-state index contributed by atoms with van der Waals surface area (Å²) in [6.45, 7) is 2.74. The Morgan fingerprint density at radius 2 is 1.89 bits per heavy atom. The number of halogens is 2. The molecular weight excluding hydrogens is 397 g/mol. The topological polar surface area (TPSA) is 49.8 Å². The van der Waals surface area contributed by atoms with Gasteiger partial charge in [-0.15, -0.1) is 12.4 Å². The second kappa shape index (κ2) is 11.1. The monoisotopic (exact) mass is 421 g/mol. The maximum atomic E-state index is 11.2. The zero-order chi connectivity index (χ0) is 19.1. The summed E-state index contributed by atoms with van der Waals surface area (Å²) in [7, 11) is 0. The molecule has 6 heteroatoms. The van der Waals surface area contributed by atoms with Gasteiger partial charge in [0.25, 0.3) is 0 Å². The van der Waals surface area contributed by atoms with Crippen molar-refractivity contribution in [3.05, 3.63) is 77.0 Å². The van der Waals surface area contributed by atoms with E-state index in [0.29, 0.717) is 24.7 Å². The molecule has 1 unspecified atom stereocenters. The molecule has 0 saturated carbocycles. The fourth-order valence-corrected chi connectivity index (χ4v) is 3.61. The predicted octanol–water partition coefficient (Wildman–Crippen LogP) is 4.96. The van der Waals surface area contributed by atoms with Crippen LogP contribution in [-0.2, 0) is 9.53 Å². The van der Waals surface area contributed by atoms with E-state index in [1.54, 1.807) is 6.26 Å². The third-order valence-electron chi connectivity index (χ3n) is 4.83. The van der Waals surface area contributed by atoms with Crippen LogP contribution in [-0.4, -0.2) is 42.2 Å². The van der Waals surface area contributed by atoms with Gasteiger partial charge in [0.1, 0.15) is 6.61 Å². The third kappa shape index (κ3) is 5.99. The van der Waals surface area contributed by atoms with Crippen molar-refractivity contribution in [2.45, 2.75) is 12.8 Å². The van der Waals surface area contributed by atoms with Crippen LogP contribution in [0.25, 0.3) is 5.57 Å².